The van der Waals surface area contributed by atoms with Gasteiger partial charge in [0.25, 0.3) is 0 Å². The predicted molar refractivity (Wildman–Crippen MR) is 63.6 cm³/mol. The summed E-state index contributed by atoms with van der Waals surface area (Å²) in [4.78, 5) is 1.39. The zero-order valence-corrected chi connectivity index (χ0v) is 10.2. The molecule has 0 aromatic carbocycles. The molecule has 4 heteroatoms. The first-order valence-electron chi connectivity index (χ1n) is 5.13. The van der Waals surface area contributed by atoms with Gasteiger partial charge in [-0.25, -0.2) is 0 Å². The summed E-state index contributed by atoms with van der Waals surface area (Å²) in [5.74, 6) is 0. The fraction of sp³-hybridized carbons (Fsp3) is 0.636. The molecule has 1 atom stereocenters. The van der Waals surface area contributed by atoms with Crippen molar-refractivity contribution in [1.29, 1.82) is 0 Å². The fourth-order valence-electron chi connectivity index (χ4n) is 1.28. The molecule has 1 heterocycles. The predicted octanol–water partition coefficient (Wildman–Crippen LogP) is 1.54. The molecule has 0 radical (unpaired) electrons. The summed E-state index contributed by atoms with van der Waals surface area (Å²) in [5.41, 5.74) is 0. The quantitative estimate of drug-likeness (QED) is 0.686. The van der Waals surface area contributed by atoms with Crippen LogP contribution in [0.3, 0.4) is 0 Å². The highest BCUT2D eigenvalue weighted by Gasteiger charge is 2.07. The largest absolute Gasteiger partial charge is 0.382 e. The molecule has 1 aromatic heterocycles. The molecule has 0 aliphatic heterocycles. The zero-order valence-electron chi connectivity index (χ0n) is 9.36. The first-order valence-corrected chi connectivity index (χ1v) is 6.01. The smallest absolute Gasteiger partial charge is 0.0701 e. The van der Waals surface area contributed by atoms with Crippen LogP contribution in [0, 0.1) is 0 Å². The van der Waals surface area contributed by atoms with Crippen LogP contribution in [0.2, 0.25) is 0 Å². The average molecular weight is 229 g/mol. The SMILES string of the molecule is CNC(COCCOC)Cc1cccs1. The molecule has 1 unspecified atom stereocenters. The van der Waals surface area contributed by atoms with Crippen LogP contribution in [0.15, 0.2) is 17.5 Å². The van der Waals surface area contributed by atoms with Gasteiger partial charge >= 0.3 is 0 Å². The van der Waals surface area contributed by atoms with E-state index in [9.17, 15) is 0 Å². The van der Waals surface area contributed by atoms with E-state index in [0.29, 0.717) is 19.3 Å². The van der Waals surface area contributed by atoms with E-state index in [1.807, 2.05) is 7.05 Å². The molecular weight excluding hydrogens is 210 g/mol. The van der Waals surface area contributed by atoms with Gasteiger partial charge in [0.05, 0.1) is 19.8 Å². The lowest BCUT2D eigenvalue weighted by atomic mass is 10.2. The van der Waals surface area contributed by atoms with Crippen molar-refractivity contribution in [3.05, 3.63) is 22.4 Å². The van der Waals surface area contributed by atoms with Crippen molar-refractivity contribution in [1.82, 2.24) is 5.32 Å². The van der Waals surface area contributed by atoms with Crippen molar-refractivity contribution in [3.63, 3.8) is 0 Å². The minimum absolute atomic E-state index is 0.389. The second-order valence-electron chi connectivity index (χ2n) is 3.34. The maximum atomic E-state index is 5.49. The highest BCUT2D eigenvalue weighted by molar-refractivity contribution is 7.09. The van der Waals surface area contributed by atoms with Crippen molar-refractivity contribution in [2.45, 2.75) is 12.5 Å². The van der Waals surface area contributed by atoms with Gasteiger partial charge in [-0.2, -0.15) is 0 Å². The van der Waals surface area contributed by atoms with Gasteiger partial charge in [-0.1, -0.05) is 6.07 Å². The van der Waals surface area contributed by atoms with Gasteiger partial charge in [0.2, 0.25) is 0 Å². The number of rotatable bonds is 8. The minimum Gasteiger partial charge on any atom is -0.382 e. The first-order chi connectivity index (χ1) is 7.36. The van der Waals surface area contributed by atoms with Crippen molar-refractivity contribution >= 4 is 11.3 Å². The Hall–Kier alpha value is -0.420. The van der Waals surface area contributed by atoms with E-state index >= 15 is 0 Å². The average Bonchev–Trinajstić information content (AvgIpc) is 2.75. The summed E-state index contributed by atoms with van der Waals surface area (Å²) < 4.78 is 10.4. The van der Waals surface area contributed by atoms with Crippen molar-refractivity contribution < 1.29 is 9.47 Å². The third-order valence-electron chi connectivity index (χ3n) is 2.19. The van der Waals surface area contributed by atoms with Gasteiger partial charge in [-0.05, 0) is 24.9 Å². The lowest BCUT2D eigenvalue weighted by Gasteiger charge is -2.15. The fourth-order valence-corrected chi connectivity index (χ4v) is 2.07. The van der Waals surface area contributed by atoms with Crippen LogP contribution in [0.25, 0.3) is 0 Å². The van der Waals surface area contributed by atoms with Crippen LogP contribution < -0.4 is 5.32 Å². The van der Waals surface area contributed by atoms with Gasteiger partial charge < -0.3 is 14.8 Å². The van der Waals surface area contributed by atoms with Crippen LogP contribution in [0.4, 0.5) is 0 Å². The van der Waals surface area contributed by atoms with Crippen LogP contribution in [-0.4, -0.2) is 40.0 Å². The number of thiophene rings is 1. The molecule has 1 rings (SSSR count). The Labute approximate surface area is 95.4 Å². The Morgan fingerprint density at radius 2 is 2.33 bits per heavy atom. The van der Waals surface area contributed by atoms with Crippen molar-refractivity contribution in [3.8, 4) is 0 Å². The number of nitrogens with one attached hydrogen (secondary N) is 1. The molecule has 0 saturated carbocycles. The van der Waals surface area contributed by atoms with Gasteiger partial charge in [0, 0.05) is 18.0 Å². The van der Waals surface area contributed by atoms with Gasteiger partial charge in [-0.15, -0.1) is 11.3 Å². The number of hydrogen-bond acceptors (Lipinski definition) is 4. The number of methoxy groups -OCH3 is 1. The monoisotopic (exact) mass is 229 g/mol. The van der Waals surface area contributed by atoms with Gasteiger partial charge in [-0.3, -0.25) is 0 Å². The summed E-state index contributed by atoms with van der Waals surface area (Å²) in [6, 6.07) is 4.63. The maximum absolute atomic E-state index is 5.49. The van der Waals surface area contributed by atoms with Gasteiger partial charge in [0.15, 0.2) is 0 Å². The Morgan fingerprint density at radius 1 is 1.47 bits per heavy atom. The van der Waals surface area contributed by atoms with E-state index in [-0.39, 0.29) is 0 Å². The molecule has 1 aromatic rings. The molecule has 0 fully saturated rings. The lowest BCUT2D eigenvalue weighted by Crippen LogP contribution is -2.32. The van der Waals surface area contributed by atoms with Crippen molar-refractivity contribution in [2.24, 2.45) is 0 Å². The molecule has 1 N–H and O–H groups in total. The van der Waals surface area contributed by atoms with Crippen LogP contribution in [0.5, 0.6) is 0 Å². The highest BCUT2D eigenvalue weighted by Crippen LogP contribution is 2.11. The zero-order chi connectivity index (χ0) is 10.9. The normalized spacial score (nSPS) is 12.9. The first kappa shape index (κ1) is 12.6. The van der Waals surface area contributed by atoms with E-state index in [2.05, 4.69) is 22.8 Å². The third kappa shape index (κ3) is 5.28. The summed E-state index contributed by atoms with van der Waals surface area (Å²) in [7, 11) is 3.66. The van der Waals surface area contributed by atoms with Crippen LogP contribution in [0.1, 0.15) is 4.88 Å². The maximum Gasteiger partial charge on any atom is 0.0701 e. The van der Waals surface area contributed by atoms with E-state index in [1.54, 1.807) is 18.4 Å². The molecular formula is C11H19NO2S. The third-order valence-corrected chi connectivity index (χ3v) is 3.09. The molecule has 0 aliphatic rings. The summed E-state index contributed by atoms with van der Waals surface area (Å²) in [6.45, 7) is 2.06. The molecule has 0 spiro atoms. The Balaban J connectivity index is 2.18. The number of ether oxygens (including phenoxy) is 2. The van der Waals surface area contributed by atoms with E-state index in [4.69, 9.17) is 9.47 Å². The summed E-state index contributed by atoms with van der Waals surface area (Å²) >= 11 is 1.79. The Bertz CT molecular complexity index is 239. The molecule has 3 nitrogen and oxygen atoms in total. The second-order valence-corrected chi connectivity index (χ2v) is 4.37. The molecule has 86 valence electrons. The van der Waals surface area contributed by atoms with Crippen LogP contribution in [-0.2, 0) is 15.9 Å². The molecule has 0 amide bonds. The van der Waals surface area contributed by atoms with Gasteiger partial charge in [0.1, 0.15) is 0 Å². The number of likely N-dealkylation sites (N-methyl/N-ethyl adjacent to an activating group) is 1. The molecule has 15 heavy (non-hydrogen) atoms. The second kappa shape index (κ2) is 7.82. The lowest BCUT2D eigenvalue weighted by molar-refractivity contribution is 0.0599. The minimum atomic E-state index is 0.389. The topological polar surface area (TPSA) is 30.5 Å². The van der Waals surface area contributed by atoms with E-state index in [0.717, 1.165) is 13.0 Å². The molecule has 0 aliphatic carbocycles. The Kier molecular flexibility index (Phi) is 6.59. The highest BCUT2D eigenvalue weighted by atomic mass is 32.1. The van der Waals surface area contributed by atoms with E-state index < -0.39 is 0 Å². The Morgan fingerprint density at radius 3 is 2.93 bits per heavy atom. The molecule has 0 bridgehead atoms. The van der Waals surface area contributed by atoms with Crippen LogP contribution >= 0.6 is 11.3 Å². The summed E-state index contributed by atoms with van der Waals surface area (Å²) in [5, 5.41) is 5.36. The number of hydrogen-bond donors (Lipinski definition) is 1. The standard InChI is InChI=1S/C11H19NO2S/c1-12-10(9-14-6-5-13-2)8-11-4-3-7-15-11/h3-4,7,10,12H,5-6,8-9H2,1-2H3. The van der Waals surface area contributed by atoms with E-state index in [1.165, 1.54) is 4.88 Å². The summed E-state index contributed by atoms with van der Waals surface area (Å²) in [6.07, 6.45) is 1.03. The van der Waals surface area contributed by atoms with Crippen molar-refractivity contribution in [2.75, 3.05) is 34.0 Å². The molecule has 0 saturated heterocycles.